The molecule has 2 aromatic rings. The Hall–Kier alpha value is -1.55. The number of hydrogen-bond acceptors (Lipinski definition) is 2. The summed E-state index contributed by atoms with van der Waals surface area (Å²) in [5, 5.41) is 3.76. The molecule has 2 rings (SSSR count). The molecule has 0 radical (unpaired) electrons. The molecule has 0 aliphatic heterocycles. The number of nitrogens with zero attached hydrogens (tertiary/aromatic N) is 1. The highest BCUT2D eigenvalue weighted by Crippen LogP contribution is 2.25. The number of rotatable bonds is 7. The lowest BCUT2D eigenvalue weighted by molar-refractivity contribution is -0.116. The van der Waals surface area contributed by atoms with Crippen molar-refractivity contribution >= 4 is 34.8 Å². The predicted octanol–water partition coefficient (Wildman–Crippen LogP) is 4.84. The Morgan fingerprint density at radius 3 is 2.48 bits per heavy atom. The third-order valence-corrected chi connectivity index (χ3v) is 4.29. The van der Waals surface area contributed by atoms with Gasteiger partial charge in [0.05, 0.1) is 10.0 Å². The Morgan fingerprint density at radius 1 is 1.09 bits per heavy atom. The lowest BCUT2D eigenvalue weighted by atomic mass is 10.2. The Morgan fingerprint density at radius 2 is 1.83 bits per heavy atom. The van der Waals surface area contributed by atoms with E-state index in [0.29, 0.717) is 28.7 Å². The first-order valence-electron chi connectivity index (χ1n) is 7.59. The molecular weight excluding hydrogens is 331 g/mol. The van der Waals surface area contributed by atoms with Crippen molar-refractivity contribution in [3.05, 3.63) is 64.1 Å². The van der Waals surface area contributed by atoms with Crippen LogP contribution in [0, 0.1) is 0 Å². The molecule has 0 saturated heterocycles. The second kappa shape index (κ2) is 8.92. The lowest BCUT2D eigenvalue weighted by Crippen LogP contribution is -2.27. The number of halogens is 2. The molecule has 0 aliphatic carbocycles. The van der Waals surface area contributed by atoms with Crippen LogP contribution in [0.4, 0.5) is 5.69 Å². The first-order chi connectivity index (χ1) is 11.1. The van der Waals surface area contributed by atoms with Gasteiger partial charge in [0.1, 0.15) is 0 Å². The van der Waals surface area contributed by atoms with E-state index < -0.39 is 0 Å². The topological polar surface area (TPSA) is 32.3 Å². The van der Waals surface area contributed by atoms with Crippen molar-refractivity contribution in [2.75, 3.05) is 18.4 Å². The van der Waals surface area contributed by atoms with Crippen molar-refractivity contribution in [2.24, 2.45) is 0 Å². The summed E-state index contributed by atoms with van der Waals surface area (Å²) >= 11 is 11.8. The molecule has 0 unspecified atom stereocenters. The molecule has 0 bridgehead atoms. The van der Waals surface area contributed by atoms with Gasteiger partial charge in [0.15, 0.2) is 0 Å². The fourth-order valence-corrected chi connectivity index (χ4v) is 2.55. The first kappa shape index (κ1) is 17.8. The number of benzene rings is 2. The second-order valence-corrected chi connectivity index (χ2v) is 6.10. The van der Waals surface area contributed by atoms with Crippen LogP contribution in [-0.2, 0) is 11.3 Å². The van der Waals surface area contributed by atoms with Gasteiger partial charge in [-0.2, -0.15) is 0 Å². The van der Waals surface area contributed by atoms with Crippen LogP contribution in [0.3, 0.4) is 0 Å². The minimum atomic E-state index is -0.0325. The molecule has 5 heteroatoms. The Bertz CT molecular complexity index is 647. The summed E-state index contributed by atoms with van der Waals surface area (Å²) in [6.07, 6.45) is 0.431. The molecule has 0 heterocycles. The third kappa shape index (κ3) is 5.87. The van der Waals surface area contributed by atoms with E-state index in [9.17, 15) is 4.79 Å². The Balaban J connectivity index is 1.83. The molecule has 3 nitrogen and oxygen atoms in total. The number of anilines is 1. The zero-order valence-corrected chi connectivity index (χ0v) is 14.6. The van der Waals surface area contributed by atoms with Gasteiger partial charge in [-0.25, -0.2) is 0 Å². The first-order valence-corrected chi connectivity index (χ1v) is 8.35. The van der Waals surface area contributed by atoms with Gasteiger partial charge in [-0.1, -0.05) is 60.5 Å². The SMILES string of the molecule is CCN(CCC(=O)Nc1ccc(Cl)c(Cl)c1)Cc1ccccc1. The molecule has 122 valence electrons. The monoisotopic (exact) mass is 350 g/mol. The van der Waals surface area contributed by atoms with E-state index in [-0.39, 0.29) is 5.91 Å². The van der Waals surface area contributed by atoms with Gasteiger partial charge in [-0.05, 0) is 30.3 Å². The number of carbonyl (C=O) groups excluding carboxylic acids is 1. The normalized spacial score (nSPS) is 10.8. The average Bonchev–Trinajstić information content (AvgIpc) is 2.56. The quantitative estimate of drug-likeness (QED) is 0.774. The molecule has 0 aromatic heterocycles. The summed E-state index contributed by atoms with van der Waals surface area (Å²) < 4.78 is 0. The molecule has 0 atom stereocenters. The molecular formula is C18H20Cl2N2O. The molecule has 1 amide bonds. The van der Waals surface area contributed by atoms with Crippen molar-refractivity contribution in [3.8, 4) is 0 Å². The van der Waals surface area contributed by atoms with Crippen molar-refractivity contribution in [3.63, 3.8) is 0 Å². The summed E-state index contributed by atoms with van der Waals surface area (Å²) in [5.41, 5.74) is 1.91. The maximum atomic E-state index is 12.1. The van der Waals surface area contributed by atoms with Gasteiger partial charge in [0.25, 0.3) is 0 Å². The summed E-state index contributed by atoms with van der Waals surface area (Å²) in [4.78, 5) is 14.3. The van der Waals surface area contributed by atoms with Crippen LogP contribution in [0.15, 0.2) is 48.5 Å². The average molecular weight is 351 g/mol. The van der Waals surface area contributed by atoms with Gasteiger partial charge >= 0.3 is 0 Å². The lowest BCUT2D eigenvalue weighted by Gasteiger charge is -2.20. The van der Waals surface area contributed by atoms with Crippen LogP contribution in [0.2, 0.25) is 10.0 Å². The van der Waals surface area contributed by atoms with Crippen molar-refractivity contribution in [2.45, 2.75) is 19.9 Å². The van der Waals surface area contributed by atoms with Crippen molar-refractivity contribution in [1.82, 2.24) is 4.90 Å². The maximum Gasteiger partial charge on any atom is 0.225 e. The second-order valence-electron chi connectivity index (χ2n) is 5.28. The van der Waals surface area contributed by atoms with Crippen molar-refractivity contribution in [1.29, 1.82) is 0 Å². The number of carbonyl (C=O) groups is 1. The Labute approximate surface area is 147 Å². The zero-order chi connectivity index (χ0) is 16.7. The van der Waals surface area contributed by atoms with Crippen LogP contribution in [0.5, 0.6) is 0 Å². The molecule has 23 heavy (non-hydrogen) atoms. The maximum absolute atomic E-state index is 12.1. The highest BCUT2D eigenvalue weighted by molar-refractivity contribution is 6.42. The molecule has 0 fully saturated rings. The Kier molecular flexibility index (Phi) is 6.90. The summed E-state index contributed by atoms with van der Waals surface area (Å²) in [5.74, 6) is -0.0325. The minimum Gasteiger partial charge on any atom is -0.326 e. The third-order valence-electron chi connectivity index (χ3n) is 3.55. The van der Waals surface area contributed by atoms with Gasteiger partial charge < -0.3 is 5.32 Å². The van der Waals surface area contributed by atoms with E-state index in [1.54, 1.807) is 18.2 Å². The summed E-state index contributed by atoms with van der Waals surface area (Å²) in [6, 6.07) is 15.3. The smallest absolute Gasteiger partial charge is 0.225 e. The van der Waals surface area contributed by atoms with E-state index in [2.05, 4.69) is 29.3 Å². The minimum absolute atomic E-state index is 0.0325. The number of amides is 1. The van der Waals surface area contributed by atoms with Crippen LogP contribution in [0.1, 0.15) is 18.9 Å². The fraction of sp³-hybridized carbons (Fsp3) is 0.278. The highest BCUT2D eigenvalue weighted by Gasteiger charge is 2.08. The summed E-state index contributed by atoms with van der Waals surface area (Å²) in [6.45, 7) is 4.55. The molecule has 0 aliphatic rings. The van der Waals surface area contributed by atoms with Gasteiger partial charge in [0, 0.05) is 25.2 Å². The van der Waals surface area contributed by atoms with E-state index in [0.717, 1.165) is 13.1 Å². The zero-order valence-electron chi connectivity index (χ0n) is 13.1. The summed E-state index contributed by atoms with van der Waals surface area (Å²) in [7, 11) is 0. The number of nitrogens with one attached hydrogen (secondary N) is 1. The van der Waals surface area contributed by atoms with Crippen LogP contribution in [-0.4, -0.2) is 23.9 Å². The van der Waals surface area contributed by atoms with E-state index in [1.165, 1.54) is 5.56 Å². The fourth-order valence-electron chi connectivity index (χ4n) is 2.25. The van der Waals surface area contributed by atoms with Gasteiger partial charge in [-0.15, -0.1) is 0 Å². The molecule has 2 aromatic carbocycles. The van der Waals surface area contributed by atoms with Gasteiger partial charge in [-0.3, -0.25) is 9.69 Å². The predicted molar refractivity (Wildman–Crippen MR) is 97.1 cm³/mol. The highest BCUT2D eigenvalue weighted by atomic mass is 35.5. The standard InChI is InChI=1S/C18H20Cl2N2O/c1-2-22(13-14-6-4-3-5-7-14)11-10-18(23)21-15-8-9-16(19)17(20)12-15/h3-9,12H,2,10-11,13H2,1H3,(H,21,23). The molecule has 1 N–H and O–H groups in total. The largest absolute Gasteiger partial charge is 0.326 e. The van der Waals surface area contributed by atoms with E-state index in [1.807, 2.05) is 18.2 Å². The molecule has 0 saturated carbocycles. The van der Waals surface area contributed by atoms with Gasteiger partial charge in [0.2, 0.25) is 5.91 Å². The van der Waals surface area contributed by atoms with E-state index >= 15 is 0 Å². The van der Waals surface area contributed by atoms with Crippen molar-refractivity contribution < 1.29 is 4.79 Å². The van der Waals surface area contributed by atoms with Crippen LogP contribution in [0.25, 0.3) is 0 Å². The number of hydrogen-bond donors (Lipinski definition) is 1. The van der Waals surface area contributed by atoms with E-state index in [4.69, 9.17) is 23.2 Å². The van der Waals surface area contributed by atoms with Crippen LogP contribution >= 0.6 is 23.2 Å². The molecule has 0 spiro atoms. The van der Waals surface area contributed by atoms with Crippen LogP contribution < -0.4 is 5.32 Å².